The molecule has 1 aliphatic rings. The van der Waals surface area contributed by atoms with E-state index in [1.54, 1.807) is 0 Å². The number of aliphatic hydroxyl groups excluding tert-OH is 1. The Morgan fingerprint density at radius 3 is 2.56 bits per heavy atom. The molecule has 1 aliphatic heterocycles. The highest BCUT2D eigenvalue weighted by atomic mass is 16.5. The molecule has 0 aliphatic carbocycles. The summed E-state index contributed by atoms with van der Waals surface area (Å²) in [6.07, 6.45) is -0.497. The molecule has 0 radical (unpaired) electrons. The molecule has 2 aromatic rings. The van der Waals surface area contributed by atoms with E-state index in [1.807, 2.05) is 37.3 Å². The zero-order chi connectivity index (χ0) is 17.6. The highest BCUT2D eigenvalue weighted by Gasteiger charge is 2.26. The van der Waals surface area contributed by atoms with Gasteiger partial charge in [-0.2, -0.15) is 4.98 Å². The predicted molar refractivity (Wildman–Crippen MR) is 93.4 cm³/mol. The van der Waals surface area contributed by atoms with Gasteiger partial charge < -0.3 is 14.4 Å². The minimum atomic E-state index is -0.497. The van der Waals surface area contributed by atoms with E-state index < -0.39 is 6.10 Å². The second-order valence-corrected chi connectivity index (χ2v) is 6.47. The molecule has 136 valence electrons. The number of hydrogen-bond donors (Lipinski definition) is 1. The summed E-state index contributed by atoms with van der Waals surface area (Å²) < 4.78 is 10.9. The van der Waals surface area contributed by atoms with Crippen LogP contribution in [0.1, 0.15) is 24.7 Å². The van der Waals surface area contributed by atoms with E-state index in [-0.39, 0.29) is 6.04 Å². The molecule has 7 nitrogen and oxygen atoms in total. The van der Waals surface area contributed by atoms with E-state index in [0.29, 0.717) is 24.9 Å². The molecular weight excluding hydrogens is 320 g/mol. The van der Waals surface area contributed by atoms with Gasteiger partial charge in [0.25, 0.3) is 0 Å². The van der Waals surface area contributed by atoms with E-state index >= 15 is 0 Å². The zero-order valence-electron chi connectivity index (χ0n) is 14.8. The average Bonchev–Trinajstić information content (AvgIpc) is 3.07. The molecular formula is C18H26N4O3. The summed E-state index contributed by atoms with van der Waals surface area (Å²) >= 11 is 0. The Hall–Kier alpha value is -1.96. The maximum absolute atomic E-state index is 10.2. The molecule has 2 atom stereocenters. The molecule has 7 heteroatoms. The normalized spacial score (nSPS) is 18.8. The second-order valence-electron chi connectivity index (χ2n) is 6.47. The Balaban J connectivity index is 1.40. The molecule has 0 unspecified atom stereocenters. The Labute approximate surface area is 148 Å². The molecule has 2 heterocycles. The van der Waals surface area contributed by atoms with Crippen LogP contribution < -0.4 is 4.74 Å². The number of para-hydroxylation sites is 1. The molecule has 0 spiro atoms. The molecule has 1 fully saturated rings. The number of β-amino-alcohol motifs (C(OH)–C–C–N with tert-alkyl or cyclic N) is 1. The van der Waals surface area contributed by atoms with Crippen LogP contribution in [0.5, 0.6) is 5.75 Å². The van der Waals surface area contributed by atoms with Crippen molar-refractivity contribution in [2.45, 2.75) is 26.0 Å². The van der Waals surface area contributed by atoms with Crippen LogP contribution in [0, 0.1) is 6.92 Å². The first-order valence-corrected chi connectivity index (χ1v) is 8.74. The van der Waals surface area contributed by atoms with Crippen molar-refractivity contribution in [3.05, 3.63) is 42.0 Å². The van der Waals surface area contributed by atoms with Crippen LogP contribution in [0.15, 0.2) is 34.9 Å². The second kappa shape index (κ2) is 8.42. The van der Waals surface area contributed by atoms with Gasteiger partial charge in [0.05, 0.1) is 6.04 Å². The molecule has 0 amide bonds. The van der Waals surface area contributed by atoms with Gasteiger partial charge in [-0.3, -0.25) is 9.80 Å². The number of aliphatic hydroxyl groups is 1. The fourth-order valence-corrected chi connectivity index (χ4v) is 3.03. The topological polar surface area (TPSA) is 74.9 Å². The first-order valence-electron chi connectivity index (χ1n) is 8.74. The van der Waals surface area contributed by atoms with Crippen molar-refractivity contribution < 1.29 is 14.4 Å². The van der Waals surface area contributed by atoms with Crippen LogP contribution >= 0.6 is 0 Å². The lowest BCUT2D eigenvalue weighted by atomic mass is 10.2. The third-order valence-electron chi connectivity index (χ3n) is 4.51. The molecule has 1 saturated heterocycles. The highest BCUT2D eigenvalue weighted by molar-refractivity contribution is 5.20. The highest BCUT2D eigenvalue weighted by Crippen LogP contribution is 2.20. The van der Waals surface area contributed by atoms with E-state index in [4.69, 9.17) is 9.26 Å². The Morgan fingerprint density at radius 2 is 1.92 bits per heavy atom. The Bertz CT molecular complexity index is 641. The first kappa shape index (κ1) is 17.8. The third kappa shape index (κ3) is 5.01. The third-order valence-corrected chi connectivity index (χ3v) is 4.51. The number of aromatic nitrogens is 2. The van der Waals surface area contributed by atoms with Crippen molar-refractivity contribution in [1.29, 1.82) is 0 Å². The number of rotatable bonds is 7. The molecule has 0 bridgehead atoms. The minimum Gasteiger partial charge on any atom is -0.491 e. The van der Waals surface area contributed by atoms with Gasteiger partial charge in [-0.05, 0) is 26.0 Å². The van der Waals surface area contributed by atoms with Crippen LogP contribution in [0.3, 0.4) is 0 Å². The van der Waals surface area contributed by atoms with Crippen molar-refractivity contribution in [3.8, 4) is 5.75 Å². The van der Waals surface area contributed by atoms with Crippen LogP contribution in [-0.4, -0.2) is 70.5 Å². The van der Waals surface area contributed by atoms with Gasteiger partial charge in [0, 0.05) is 32.7 Å². The monoisotopic (exact) mass is 346 g/mol. The number of ether oxygens (including phenoxy) is 1. The molecule has 1 aromatic carbocycles. The summed E-state index contributed by atoms with van der Waals surface area (Å²) in [6, 6.07) is 9.70. The van der Waals surface area contributed by atoms with Crippen LogP contribution in [0.25, 0.3) is 0 Å². The molecule has 1 N–H and O–H groups in total. The van der Waals surface area contributed by atoms with E-state index in [0.717, 1.165) is 31.9 Å². The number of aryl methyl sites for hydroxylation is 1. The van der Waals surface area contributed by atoms with E-state index in [9.17, 15) is 5.11 Å². The maximum atomic E-state index is 10.2. The first-order chi connectivity index (χ1) is 12.1. The standard InChI is InChI=1S/C18H26N4O3/c1-14(18-19-15(2)20-25-18)22-10-8-21(9-11-22)12-16(23)13-24-17-6-4-3-5-7-17/h3-7,14,16,23H,8-13H2,1-2H3/t14-,16+/m1/s1. The van der Waals surface area contributed by atoms with Crippen LogP contribution in [0.2, 0.25) is 0 Å². The van der Waals surface area contributed by atoms with Gasteiger partial charge in [0.1, 0.15) is 18.5 Å². The summed E-state index contributed by atoms with van der Waals surface area (Å²) in [5.41, 5.74) is 0. The largest absolute Gasteiger partial charge is 0.491 e. The lowest BCUT2D eigenvalue weighted by Crippen LogP contribution is -2.49. The summed E-state index contributed by atoms with van der Waals surface area (Å²) in [6.45, 7) is 8.47. The number of piperazine rings is 1. The van der Waals surface area contributed by atoms with Crippen LogP contribution in [-0.2, 0) is 0 Å². The van der Waals surface area contributed by atoms with Crippen molar-refractivity contribution in [1.82, 2.24) is 19.9 Å². The van der Waals surface area contributed by atoms with E-state index in [2.05, 4.69) is 26.9 Å². The lowest BCUT2D eigenvalue weighted by molar-refractivity contribution is 0.0343. The van der Waals surface area contributed by atoms with Gasteiger partial charge in [-0.15, -0.1) is 0 Å². The fourth-order valence-electron chi connectivity index (χ4n) is 3.03. The maximum Gasteiger partial charge on any atom is 0.243 e. The van der Waals surface area contributed by atoms with Crippen molar-refractivity contribution in [2.24, 2.45) is 0 Å². The summed E-state index contributed by atoms with van der Waals surface area (Å²) in [4.78, 5) is 8.91. The fraction of sp³-hybridized carbons (Fsp3) is 0.556. The van der Waals surface area contributed by atoms with Gasteiger partial charge in [0.15, 0.2) is 5.82 Å². The molecule has 0 saturated carbocycles. The lowest BCUT2D eigenvalue weighted by Gasteiger charge is -2.37. The number of benzene rings is 1. The average molecular weight is 346 g/mol. The summed E-state index contributed by atoms with van der Waals surface area (Å²) in [5, 5.41) is 14.1. The van der Waals surface area contributed by atoms with Gasteiger partial charge in [-0.1, -0.05) is 23.4 Å². The molecule has 25 heavy (non-hydrogen) atoms. The Kier molecular flexibility index (Phi) is 6.01. The number of nitrogens with zero attached hydrogens (tertiary/aromatic N) is 4. The molecule has 3 rings (SSSR count). The van der Waals surface area contributed by atoms with Crippen LogP contribution in [0.4, 0.5) is 0 Å². The zero-order valence-corrected chi connectivity index (χ0v) is 14.8. The SMILES string of the molecule is Cc1noc([C@@H](C)N2CCN(C[C@H](O)COc3ccccc3)CC2)n1. The van der Waals surface area contributed by atoms with Crippen molar-refractivity contribution in [2.75, 3.05) is 39.3 Å². The van der Waals surface area contributed by atoms with Crippen molar-refractivity contribution in [3.63, 3.8) is 0 Å². The summed E-state index contributed by atoms with van der Waals surface area (Å²) in [5.74, 6) is 2.12. The Morgan fingerprint density at radius 1 is 1.20 bits per heavy atom. The predicted octanol–water partition coefficient (Wildman–Crippen LogP) is 1.50. The van der Waals surface area contributed by atoms with Gasteiger partial charge >= 0.3 is 0 Å². The van der Waals surface area contributed by atoms with E-state index in [1.165, 1.54) is 0 Å². The number of hydrogen-bond acceptors (Lipinski definition) is 7. The molecule has 1 aromatic heterocycles. The van der Waals surface area contributed by atoms with Gasteiger partial charge in [0.2, 0.25) is 5.89 Å². The smallest absolute Gasteiger partial charge is 0.243 e. The van der Waals surface area contributed by atoms with Crippen molar-refractivity contribution >= 4 is 0 Å². The summed E-state index contributed by atoms with van der Waals surface area (Å²) in [7, 11) is 0. The minimum absolute atomic E-state index is 0.120. The van der Waals surface area contributed by atoms with Gasteiger partial charge in [-0.25, -0.2) is 0 Å². The quantitative estimate of drug-likeness (QED) is 0.814.